The van der Waals surface area contributed by atoms with Crippen LogP contribution in [-0.4, -0.2) is 20.6 Å². The van der Waals surface area contributed by atoms with Crippen LogP contribution in [0.4, 0.5) is 0 Å². The number of aromatic nitrogens is 2. The molecule has 1 heterocycles. The number of fused-ring (bicyclic) bond motifs is 1. The first-order chi connectivity index (χ1) is 9.99. The van der Waals surface area contributed by atoms with Gasteiger partial charge in [-0.15, -0.1) is 0 Å². The molecule has 1 aromatic heterocycles. The Bertz CT molecular complexity index is 871. The van der Waals surface area contributed by atoms with E-state index in [2.05, 4.69) is 4.98 Å². The molecule has 0 aliphatic heterocycles. The zero-order valence-electron chi connectivity index (χ0n) is 11.0. The molecule has 0 saturated carbocycles. The maximum Gasteiger partial charge on any atom is 0.337 e. The number of imidazole rings is 1. The van der Waals surface area contributed by atoms with Crippen LogP contribution in [0.15, 0.2) is 36.4 Å². The second-order valence-electron chi connectivity index (χ2n) is 4.57. The average Bonchev–Trinajstić information content (AvgIpc) is 2.74. The van der Waals surface area contributed by atoms with E-state index in [9.17, 15) is 9.90 Å². The fourth-order valence-corrected chi connectivity index (χ4v) is 2.85. The topological polar surface area (TPSA) is 55.1 Å². The molecule has 21 heavy (non-hydrogen) atoms. The van der Waals surface area contributed by atoms with Gasteiger partial charge in [-0.3, -0.25) is 4.57 Å². The van der Waals surface area contributed by atoms with Gasteiger partial charge in [-0.05, 0) is 37.3 Å². The first-order valence-corrected chi connectivity index (χ1v) is 6.91. The molecule has 3 rings (SSSR count). The smallest absolute Gasteiger partial charge is 0.337 e. The molecule has 6 heteroatoms. The summed E-state index contributed by atoms with van der Waals surface area (Å²) in [5.41, 5.74) is 2.01. The summed E-state index contributed by atoms with van der Waals surface area (Å²) in [6.45, 7) is 1.80. The Balaban J connectivity index is 2.36. The first kappa shape index (κ1) is 13.9. The number of hydrogen-bond donors (Lipinski definition) is 1. The van der Waals surface area contributed by atoms with Gasteiger partial charge in [0.05, 0.1) is 21.8 Å². The van der Waals surface area contributed by atoms with Crippen molar-refractivity contribution in [3.8, 4) is 5.69 Å². The number of aryl methyl sites for hydroxylation is 1. The van der Waals surface area contributed by atoms with Crippen LogP contribution >= 0.6 is 23.2 Å². The van der Waals surface area contributed by atoms with Crippen molar-refractivity contribution in [2.45, 2.75) is 6.92 Å². The average molecular weight is 321 g/mol. The van der Waals surface area contributed by atoms with Crippen LogP contribution in [0.25, 0.3) is 16.7 Å². The molecule has 0 amide bonds. The molecule has 0 spiro atoms. The number of benzene rings is 2. The van der Waals surface area contributed by atoms with E-state index in [4.69, 9.17) is 23.2 Å². The van der Waals surface area contributed by atoms with E-state index in [0.717, 1.165) is 0 Å². The molecule has 0 atom stereocenters. The normalized spacial score (nSPS) is 11.0. The first-order valence-electron chi connectivity index (χ1n) is 6.16. The number of aromatic carboxylic acids is 1. The predicted octanol–water partition coefficient (Wildman–Crippen LogP) is 4.34. The SMILES string of the molecule is Cc1nc2c(C(=O)O)cccc2n1-c1ccc(Cl)cc1Cl. The fraction of sp³-hybridized carbons (Fsp3) is 0.0667. The molecule has 1 N–H and O–H groups in total. The predicted molar refractivity (Wildman–Crippen MR) is 82.8 cm³/mol. The zero-order chi connectivity index (χ0) is 15.1. The Morgan fingerprint density at radius 2 is 2.00 bits per heavy atom. The van der Waals surface area contributed by atoms with E-state index in [0.29, 0.717) is 32.6 Å². The number of carboxylic acid groups (broad SMARTS) is 1. The van der Waals surface area contributed by atoms with Crippen LogP contribution < -0.4 is 0 Å². The van der Waals surface area contributed by atoms with Gasteiger partial charge in [-0.1, -0.05) is 29.3 Å². The van der Waals surface area contributed by atoms with E-state index in [-0.39, 0.29) is 5.56 Å². The number of carbonyl (C=O) groups is 1. The largest absolute Gasteiger partial charge is 0.478 e. The molecule has 0 saturated heterocycles. The highest BCUT2D eigenvalue weighted by atomic mass is 35.5. The molecular weight excluding hydrogens is 311 g/mol. The fourth-order valence-electron chi connectivity index (χ4n) is 2.35. The summed E-state index contributed by atoms with van der Waals surface area (Å²) in [5.74, 6) is -0.352. The summed E-state index contributed by atoms with van der Waals surface area (Å²) >= 11 is 12.2. The Hall–Kier alpha value is -2.04. The van der Waals surface area contributed by atoms with Crippen molar-refractivity contribution < 1.29 is 9.90 Å². The van der Waals surface area contributed by atoms with Crippen LogP contribution in [-0.2, 0) is 0 Å². The van der Waals surface area contributed by atoms with Gasteiger partial charge in [-0.2, -0.15) is 0 Å². The molecule has 2 aromatic carbocycles. The maximum absolute atomic E-state index is 11.3. The van der Waals surface area contributed by atoms with Gasteiger partial charge in [0.15, 0.2) is 0 Å². The Labute approximate surface area is 130 Å². The number of para-hydroxylation sites is 1. The standard InChI is InChI=1S/C15H10Cl2N2O2/c1-8-18-14-10(15(20)21)3-2-4-13(14)19(8)12-6-5-9(16)7-11(12)17/h2-7H,1H3,(H,20,21). The van der Waals surface area contributed by atoms with Gasteiger partial charge in [0, 0.05) is 5.02 Å². The quantitative estimate of drug-likeness (QED) is 0.764. The second kappa shape index (κ2) is 5.06. The minimum Gasteiger partial charge on any atom is -0.478 e. The molecule has 3 aromatic rings. The molecule has 4 nitrogen and oxygen atoms in total. The Morgan fingerprint density at radius 1 is 1.24 bits per heavy atom. The zero-order valence-corrected chi connectivity index (χ0v) is 12.5. The second-order valence-corrected chi connectivity index (χ2v) is 5.41. The van der Waals surface area contributed by atoms with E-state index in [1.807, 2.05) is 10.6 Å². The van der Waals surface area contributed by atoms with Crippen molar-refractivity contribution in [1.29, 1.82) is 0 Å². The van der Waals surface area contributed by atoms with Gasteiger partial charge in [0.25, 0.3) is 0 Å². The molecule has 106 valence electrons. The van der Waals surface area contributed by atoms with Crippen molar-refractivity contribution >= 4 is 40.2 Å². The van der Waals surface area contributed by atoms with Crippen LogP contribution in [0, 0.1) is 6.92 Å². The van der Waals surface area contributed by atoms with E-state index in [1.165, 1.54) is 6.07 Å². The van der Waals surface area contributed by atoms with Gasteiger partial charge >= 0.3 is 5.97 Å². The van der Waals surface area contributed by atoms with E-state index in [1.54, 1.807) is 31.2 Å². The summed E-state index contributed by atoms with van der Waals surface area (Å²) in [6.07, 6.45) is 0. The Kier molecular flexibility index (Phi) is 3.35. The van der Waals surface area contributed by atoms with Crippen molar-refractivity contribution in [2.24, 2.45) is 0 Å². The van der Waals surface area contributed by atoms with Crippen LogP contribution in [0.3, 0.4) is 0 Å². The third kappa shape index (κ3) is 2.26. The maximum atomic E-state index is 11.3. The number of nitrogens with zero attached hydrogens (tertiary/aromatic N) is 2. The summed E-state index contributed by atoms with van der Waals surface area (Å²) in [7, 11) is 0. The van der Waals surface area contributed by atoms with Gasteiger partial charge in [0.2, 0.25) is 0 Å². The van der Waals surface area contributed by atoms with Crippen molar-refractivity contribution in [3.63, 3.8) is 0 Å². The molecule has 0 bridgehead atoms. The minimum absolute atomic E-state index is 0.166. The lowest BCUT2D eigenvalue weighted by Gasteiger charge is -2.09. The summed E-state index contributed by atoms with van der Waals surface area (Å²) < 4.78 is 1.82. The monoisotopic (exact) mass is 320 g/mol. The number of carboxylic acids is 1. The van der Waals surface area contributed by atoms with Gasteiger partial charge in [-0.25, -0.2) is 9.78 Å². The van der Waals surface area contributed by atoms with Crippen LogP contribution in [0.1, 0.15) is 16.2 Å². The van der Waals surface area contributed by atoms with E-state index >= 15 is 0 Å². The molecule has 0 radical (unpaired) electrons. The minimum atomic E-state index is -1.01. The number of rotatable bonds is 2. The third-order valence-electron chi connectivity index (χ3n) is 3.23. The van der Waals surface area contributed by atoms with Gasteiger partial charge < -0.3 is 5.11 Å². The number of hydrogen-bond acceptors (Lipinski definition) is 2. The van der Waals surface area contributed by atoms with Gasteiger partial charge in [0.1, 0.15) is 11.3 Å². The summed E-state index contributed by atoms with van der Waals surface area (Å²) in [6, 6.07) is 10.2. The van der Waals surface area contributed by atoms with Crippen molar-refractivity contribution in [2.75, 3.05) is 0 Å². The molecule has 0 aliphatic rings. The lowest BCUT2D eigenvalue weighted by molar-refractivity contribution is 0.0699. The highest BCUT2D eigenvalue weighted by Gasteiger charge is 2.17. The molecule has 0 fully saturated rings. The summed E-state index contributed by atoms with van der Waals surface area (Å²) in [5, 5.41) is 10.3. The highest BCUT2D eigenvalue weighted by molar-refractivity contribution is 6.35. The molecule has 0 aliphatic carbocycles. The lowest BCUT2D eigenvalue weighted by Crippen LogP contribution is -1.99. The van der Waals surface area contributed by atoms with Crippen molar-refractivity contribution in [3.05, 3.63) is 57.8 Å². The summed E-state index contributed by atoms with van der Waals surface area (Å²) in [4.78, 5) is 15.7. The molecular formula is C15H10Cl2N2O2. The van der Waals surface area contributed by atoms with Crippen LogP contribution in [0.2, 0.25) is 10.0 Å². The Morgan fingerprint density at radius 3 is 2.67 bits per heavy atom. The molecule has 0 unspecified atom stereocenters. The van der Waals surface area contributed by atoms with E-state index < -0.39 is 5.97 Å². The highest BCUT2D eigenvalue weighted by Crippen LogP contribution is 2.30. The number of halogens is 2. The lowest BCUT2D eigenvalue weighted by atomic mass is 10.2. The third-order valence-corrected chi connectivity index (χ3v) is 3.77. The van der Waals surface area contributed by atoms with Crippen molar-refractivity contribution in [1.82, 2.24) is 9.55 Å². The van der Waals surface area contributed by atoms with Crippen LogP contribution in [0.5, 0.6) is 0 Å².